The van der Waals surface area contributed by atoms with Crippen LogP contribution in [-0.4, -0.2) is 18.8 Å². The molecular formula is C18H15FN5+. The second-order valence-corrected chi connectivity index (χ2v) is 6.08. The molecule has 3 atom stereocenters. The van der Waals surface area contributed by atoms with Crippen LogP contribution in [0.2, 0.25) is 0 Å². The number of hydrogen-bond acceptors (Lipinski definition) is 4. The molecule has 0 aromatic heterocycles. The first-order valence-electron chi connectivity index (χ1n) is 7.67. The van der Waals surface area contributed by atoms with Gasteiger partial charge in [-0.05, 0) is 23.3 Å². The molecule has 24 heavy (non-hydrogen) atoms. The quantitative estimate of drug-likeness (QED) is 0.759. The number of fused-ring (bicyclic) bond motifs is 1. The Balaban J connectivity index is 2.29. The summed E-state index contributed by atoms with van der Waals surface area (Å²) in [5.74, 6) is -2.51. The normalized spacial score (nSPS) is 27.8. The van der Waals surface area contributed by atoms with Crippen molar-refractivity contribution in [3.63, 3.8) is 0 Å². The van der Waals surface area contributed by atoms with E-state index in [9.17, 15) is 20.2 Å². The molecule has 1 aliphatic carbocycles. The van der Waals surface area contributed by atoms with Gasteiger partial charge in [-0.3, -0.25) is 0 Å². The Labute approximate surface area is 139 Å². The Morgan fingerprint density at radius 2 is 1.92 bits per heavy atom. The molecule has 0 radical (unpaired) electrons. The van der Waals surface area contributed by atoms with Crippen LogP contribution in [0.1, 0.15) is 11.5 Å². The first kappa shape index (κ1) is 15.9. The van der Waals surface area contributed by atoms with Gasteiger partial charge >= 0.3 is 0 Å². The van der Waals surface area contributed by atoms with Crippen molar-refractivity contribution in [1.82, 2.24) is 0 Å². The highest BCUT2D eigenvalue weighted by Gasteiger charge is 2.58. The maximum atomic E-state index is 14.5. The minimum atomic E-state index is -1.84. The van der Waals surface area contributed by atoms with Crippen molar-refractivity contribution in [2.45, 2.75) is 5.92 Å². The van der Waals surface area contributed by atoms with E-state index in [1.165, 1.54) is 6.07 Å². The third-order valence-electron chi connectivity index (χ3n) is 5.01. The fraction of sp³-hybridized carbons (Fsp3) is 0.333. The van der Waals surface area contributed by atoms with Gasteiger partial charge in [0.25, 0.3) is 0 Å². The van der Waals surface area contributed by atoms with Crippen LogP contribution in [0.25, 0.3) is 0 Å². The molecule has 0 amide bonds. The van der Waals surface area contributed by atoms with Crippen molar-refractivity contribution in [2.24, 2.45) is 17.3 Å². The van der Waals surface area contributed by atoms with Crippen LogP contribution in [-0.2, 0) is 0 Å². The second-order valence-electron chi connectivity index (χ2n) is 6.08. The van der Waals surface area contributed by atoms with Crippen molar-refractivity contribution in [1.29, 1.82) is 21.2 Å². The molecule has 1 aliphatic heterocycles. The van der Waals surface area contributed by atoms with Gasteiger partial charge in [-0.1, -0.05) is 18.2 Å². The molecule has 1 aromatic rings. The van der Waals surface area contributed by atoms with Crippen LogP contribution in [0.15, 0.2) is 35.9 Å². The van der Waals surface area contributed by atoms with Crippen LogP contribution < -0.4 is 5.32 Å². The molecule has 1 aromatic carbocycles. The molecule has 3 rings (SSSR count). The van der Waals surface area contributed by atoms with Gasteiger partial charge < -0.3 is 10.7 Å². The lowest BCUT2D eigenvalue weighted by atomic mass is 9.54. The minimum Gasteiger partial charge on any atom is -0.342 e. The Kier molecular flexibility index (Phi) is 3.89. The summed E-state index contributed by atoms with van der Waals surface area (Å²) in [5, 5.41) is 39.4. The number of halogens is 1. The number of nitriles is 3. The molecule has 1 heterocycles. The van der Waals surface area contributed by atoms with E-state index < -0.39 is 23.1 Å². The Bertz CT molecular complexity index is 837. The fourth-order valence-corrected chi connectivity index (χ4v) is 3.91. The van der Waals surface area contributed by atoms with E-state index in [1.54, 1.807) is 18.2 Å². The maximum Gasteiger partial charge on any atom is 0.190 e. The highest BCUT2D eigenvalue weighted by atomic mass is 19.1. The fourth-order valence-electron chi connectivity index (χ4n) is 3.91. The number of quaternary nitrogens is 1. The standard InChI is InChI=1S/C18H14FN5/c19-15-4-2-1-3-12(15)16-14-8-24-6-5-11(14)13(7-20)17(23)18(16,9-21)10-22/h1-5,13-14,16,23-24H,6,8H2/p+1/t13-,14+,16-/m0/s1. The molecule has 0 saturated heterocycles. The zero-order chi connectivity index (χ0) is 17.3. The molecule has 118 valence electrons. The van der Waals surface area contributed by atoms with Crippen LogP contribution in [0.4, 0.5) is 4.39 Å². The number of hydrogen-bond donors (Lipinski definition) is 2. The summed E-state index contributed by atoms with van der Waals surface area (Å²) in [5.41, 5.74) is -1.09. The van der Waals surface area contributed by atoms with Gasteiger partial charge in [0.15, 0.2) is 5.41 Å². The highest BCUT2D eigenvalue weighted by molar-refractivity contribution is 6.00. The van der Waals surface area contributed by atoms with E-state index in [2.05, 4.69) is 6.07 Å². The van der Waals surface area contributed by atoms with Crippen molar-refractivity contribution in [2.75, 3.05) is 13.1 Å². The smallest absolute Gasteiger partial charge is 0.190 e. The van der Waals surface area contributed by atoms with Gasteiger partial charge in [0, 0.05) is 11.8 Å². The Morgan fingerprint density at radius 1 is 1.21 bits per heavy atom. The Morgan fingerprint density at radius 3 is 2.54 bits per heavy atom. The van der Waals surface area contributed by atoms with Gasteiger partial charge in [0.2, 0.25) is 0 Å². The van der Waals surface area contributed by atoms with Crippen molar-refractivity contribution in [3.05, 3.63) is 47.3 Å². The number of nitrogens with one attached hydrogen (secondary N) is 1. The molecule has 2 aliphatic rings. The highest BCUT2D eigenvalue weighted by Crippen LogP contribution is 2.52. The molecule has 6 heteroatoms. The predicted octanol–water partition coefficient (Wildman–Crippen LogP) is 1.24. The molecule has 0 bridgehead atoms. The zero-order valence-electron chi connectivity index (χ0n) is 12.8. The molecular weight excluding hydrogens is 305 g/mol. The van der Waals surface area contributed by atoms with Crippen LogP contribution in [0.5, 0.6) is 0 Å². The predicted molar refractivity (Wildman–Crippen MR) is 82.9 cm³/mol. The molecule has 0 spiro atoms. The first-order chi connectivity index (χ1) is 11.6. The molecule has 3 N–H and O–H groups in total. The third-order valence-corrected chi connectivity index (χ3v) is 5.01. The van der Waals surface area contributed by atoms with Gasteiger partial charge in [0.05, 0.1) is 37.0 Å². The van der Waals surface area contributed by atoms with Crippen LogP contribution >= 0.6 is 0 Å². The summed E-state index contributed by atoms with van der Waals surface area (Å²) < 4.78 is 14.5. The summed E-state index contributed by atoms with van der Waals surface area (Å²) in [6.45, 7) is 1.23. The van der Waals surface area contributed by atoms with Gasteiger partial charge in [-0.2, -0.15) is 15.8 Å². The van der Waals surface area contributed by atoms with E-state index >= 15 is 0 Å². The van der Waals surface area contributed by atoms with Gasteiger partial charge in [-0.15, -0.1) is 0 Å². The average molecular weight is 320 g/mol. The summed E-state index contributed by atoms with van der Waals surface area (Å²) >= 11 is 0. The van der Waals surface area contributed by atoms with Crippen molar-refractivity contribution >= 4 is 5.71 Å². The Hall–Kier alpha value is -3.01. The lowest BCUT2D eigenvalue weighted by molar-refractivity contribution is -0.654. The largest absolute Gasteiger partial charge is 0.342 e. The molecule has 1 fully saturated rings. The van der Waals surface area contributed by atoms with E-state index in [0.717, 1.165) is 5.57 Å². The van der Waals surface area contributed by atoms with Crippen molar-refractivity contribution < 1.29 is 9.71 Å². The van der Waals surface area contributed by atoms with E-state index in [0.29, 0.717) is 13.1 Å². The van der Waals surface area contributed by atoms with Crippen LogP contribution in [0, 0.1) is 62.5 Å². The molecule has 1 saturated carbocycles. The molecule has 5 nitrogen and oxygen atoms in total. The number of nitrogens with zero attached hydrogens (tertiary/aromatic N) is 3. The number of nitrogens with two attached hydrogens (primary N) is 1. The number of benzene rings is 1. The lowest BCUT2D eigenvalue weighted by Crippen LogP contribution is -2.87. The van der Waals surface area contributed by atoms with Crippen LogP contribution in [0.3, 0.4) is 0 Å². The third kappa shape index (κ3) is 2.03. The zero-order valence-corrected chi connectivity index (χ0v) is 12.8. The summed E-state index contributed by atoms with van der Waals surface area (Å²) in [4.78, 5) is 0. The van der Waals surface area contributed by atoms with E-state index in [4.69, 9.17) is 5.41 Å². The van der Waals surface area contributed by atoms with Gasteiger partial charge in [0.1, 0.15) is 11.7 Å². The lowest BCUT2D eigenvalue weighted by Gasteiger charge is -2.44. The SMILES string of the molecule is N#C[C@@H]1C(=N)C(C#N)(C#N)[C@@H](c2ccccc2F)[C@@H]2C[NH2+]CC=C12. The summed E-state index contributed by atoms with van der Waals surface area (Å²) in [7, 11) is 0. The summed E-state index contributed by atoms with van der Waals surface area (Å²) in [6.07, 6.45) is 1.88. The van der Waals surface area contributed by atoms with E-state index in [1.807, 2.05) is 23.5 Å². The average Bonchev–Trinajstić information content (AvgIpc) is 2.62. The van der Waals surface area contributed by atoms with Crippen molar-refractivity contribution in [3.8, 4) is 18.2 Å². The second kappa shape index (κ2) is 5.89. The van der Waals surface area contributed by atoms with Gasteiger partial charge in [-0.25, -0.2) is 4.39 Å². The molecule has 0 unspecified atom stereocenters. The first-order valence-corrected chi connectivity index (χ1v) is 7.67. The number of rotatable bonds is 1. The minimum absolute atomic E-state index is 0.243. The van der Waals surface area contributed by atoms with E-state index in [-0.39, 0.29) is 17.2 Å². The topological polar surface area (TPSA) is 112 Å². The maximum absolute atomic E-state index is 14.5. The summed E-state index contributed by atoms with van der Waals surface area (Å²) in [6, 6.07) is 12.0. The monoisotopic (exact) mass is 320 g/mol.